The molecular weight excluding hydrogens is 434 g/mol. The van der Waals surface area contributed by atoms with Gasteiger partial charge in [0.25, 0.3) is 0 Å². The second-order valence-corrected chi connectivity index (χ2v) is 9.35. The lowest BCUT2D eigenvalue weighted by molar-refractivity contribution is -0.151. The first-order valence-corrected chi connectivity index (χ1v) is 12.1. The quantitative estimate of drug-likeness (QED) is 0.496. The molecule has 7 nitrogen and oxygen atoms in total. The van der Waals surface area contributed by atoms with Crippen LogP contribution in [-0.2, 0) is 23.9 Å². The van der Waals surface area contributed by atoms with Crippen LogP contribution in [0, 0.1) is 11.8 Å². The molecule has 0 aromatic heterocycles. The fourth-order valence-electron chi connectivity index (χ4n) is 5.46. The minimum atomic E-state index is -0.909. The monoisotopic (exact) mass is 467 g/mol. The summed E-state index contributed by atoms with van der Waals surface area (Å²) in [6, 6.07) is 7.44. The number of nitrogens with one attached hydrogen (secondary N) is 1. The maximum atomic E-state index is 13.8. The predicted molar refractivity (Wildman–Crippen MR) is 126 cm³/mol. The van der Waals surface area contributed by atoms with Gasteiger partial charge < -0.3 is 19.5 Å². The second kappa shape index (κ2) is 10.0. The fourth-order valence-corrected chi connectivity index (χ4v) is 5.46. The average Bonchev–Trinajstić information content (AvgIpc) is 3.31. The highest BCUT2D eigenvalue weighted by Gasteiger charge is 2.47. The summed E-state index contributed by atoms with van der Waals surface area (Å²) in [5.74, 6) is -2.40. The number of hydrogen-bond acceptors (Lipinski definition) is 7. The van der Waals surface area contributed by atoms with Crippen LogP contribution in [0.3, 0.4) is 0 Å². The van der Waals surface area contributed by atoms with Gasteiger partial charge in [0.1, 0.15) is 17.8 Å². The molecule has 1 aromatic carbocycles. The summed E-state index contributed by atoms with van der Waals surface area (Å²) < 4.78 is 16.5. The van der Waals surface area contributed by atoms with Crippen molar-refractivity contribution < 1.29 is 28.6 Å². The molecule has 0 saturated heterocycles. The van der Waals surface area contributed by atoms with Gasteiger partial charge in [0.2, 0.25) is 0 Å². The number of allylic oxidation sites excluding steroid dienone is 3. The Balaban J connectivity index is 1.81. The Labute approximate surface area is 200 Å². The Hall–Kier alpha value is -3.09. The third-order valence-electron chi connectivity index (χ3n) is 7.04. The zero-order valence-electron chi connectivity index (χ0n) is 20.3. The van der Waals surface area contributed by atoms with Gasteiger partial charge in [0.05, 0.1) is 19.3 Å². The molecule has 1 N–H and O–H groups in total. The number of hydrogen-bond donors (Lipinski definition) is 1. The van der Waals surface area contributed by atoms with E-state index in [1.165, 1.54) is 7.11 Å². The van der Waals surface area contributed by atoms with E-state index in [1.807, 2.05) is 45.0 Å². The van der Waals surface area contributed by atoms with Crippen LogP contribution in [0.2, 0.25) is 0 Å². The van der Waals surface area contributed by atoms with Crippen molar-refractivity contribution in [1.29, 1.82) is 0 Å². The molecule has 1 fully saturated rings. The summed E-state index contributed by atoms with van der Waals surface area (Å²) in [4.78, 5) is 39.8. The number of benzene rings is 1. The normalized spacial score (nSPS) is 25.1. The van der Waals surface area contributed by atoms with Crippen molar-refractivity contribution in [2.24, 2.45) is 11.8 Å². The van der Waals surface area contributed by atoms with Crippen LogP contribution < -0.4 is 10.1 Å². The first-order chi connectivity index (χ1) is 16.3. The van der Waals surface area contributed by atoms with Gasteiger partial charge in [0.15, 0.2) is 5.78 Å². The summed E-state index contributed by atoms with van der Waals surface area (Å²) in [5, 5.41) is 3.31. The number of rotatable bonds is 6. The molecule has 3 atom stereocenters. The van der Waals surface area contributed by atoms with E-state index in [9.17, 15) is 14.4 Å². The molecule has 1 heterocycles. The van der Waals surface area contributed by atoms with Crippen molar-refractivity contribution in [2.75, 3.05) is 13.7 Å². The first-order valence-electron chi connectivity index (χ1n) is 12.1. The molecule has 182 valence electrons. The maximum Gasteiger partial charge on any atom is 0.337 e. The summed E-state index contributed by atoms with van der Waals surface area (Å²) >= 11 is 0. The number of ketones is 1. The first kappa shape index (κ1) is 24.0. The number of carbonyl (C=O) groups is 3. The predicted octanol–water partition coefficient (Wildman–Crippen LogP) is 4.18. The summed E-state index contributed by atoms with van der Waals surface area (Å²) in [6.07, 6.45) is 4.19. The number of ether oxygens (including phenoxy) is 3. The van der Waals surface area contributed by atoms with E-state index in [0.29, 0.717) is 35.6 Å². The van der Waals surface area contributed by atoms with Crippen molar-refractivity contribution in [3.8, 4) is 5.75 Å². The van der Waals surface area contributed by atoms with E-state index < -0.39 is 23.8 Å². The molecule has 0 radical (unpaired) electrons. The number of methoxy groups -OCH3 is 1. The van der Waals surface area contributed by atoms with Crippen molar-refractivity contribution >= 4 is 17.7 Å². The van der Waals surface area contributed by atoms with Crippen LogP contribution in [0.5, 0.6) is 5.75 Å². The van der Waals surface area contributed by atoms with Crippen molar-refractivity contribution in [1.82, 2.24) is 5.32 Å². The van der Waals surface area contributed by atoms with Crippen molar-refractivity contribution in [2.45, 2.75) is 64.9 Å². The highest BCUT2D eigenvalue weighted by Crippen LogP contribution is 2.46. The summed E-state index contributed by atoms with van der Waals surface area (Å²) in [5.41, 5.74) is 3.02. The minimum Gasteiger partial charge on any atom is -0.494 e. The Morgan fingerprint density at radius 3 is 2.59 bits per heavy atom. The van der Waals surface area contributed by atoms with E-state index in [1.54, 1.807) is 0 Å². The minimum absolute atomic E-state index is 0.108. The summed E-state index contributed by atoms with van der Waals surface area (Å²) in [6.45, 7) is 6.11. The molecule has 1 aromatic rings. The van der Waals surface area contributed by atoms with E-state index in [2.05, 4.69) is 5.32 Å². The van der Waals surface area contributed by atoms with Crippen LogP contribution in [0.25, 0.3) is 0 Å². The molecule has 0 spiro atoms. The van der Waals surface area contributed by atoms with E-state index in [0.717, 1.165) is 36.9 Å². The Bertz CT molecular complexity index is 1050. The van der Waals surface area contributed by atoms with Crippen LogP contribution in [-0.4, -0.2) is 37.5 Å². The van der Waals surface area contributed by atoms with E-state index in [4.69, 9.17) is 14.2 Å². The van der Waals surface area contributed by atoms with Gasteiger partial charge in [-0.05, 0) is 69.6 Å². The van der Waals surface area contributed by atoms with Gasteiger partial charge in [-0.15, -0.1) is 0 Å². The molecule has 1 aliphatic heterocycles. The molecule has 4 rings (SSSR count). The second-order valence-electron chi connectivity index (χ2n) is 9.35. The van der Waals surface area contributed by atoms with Crippen LogP contribution >= 0.6 is 0 Å². The number of Topliss-reactive ketones (excluding diaryl/α,β-unsaturated/α-hetero) is 1. The van der Waals surface area contributed by atoms with Gasteiger partial charge in [-0.2, -0.15) is 0 Å². The number of dihydropyridines is 1. The van der Waals surface area contributed by atoms with Gasteiger partial charge in [0, 0.05) is 22.9 Å². The molecular formula is C27H33NO6. The zero-order valence-corrected chi connectivity index (χ0v) is 20.3. The van der Waals surface area contributed by atoms with E-state index in [-0.39, 0.29) is 17.8 Å². The Morgan fingerprint density at radius 2 is 1.91 bits per heavy atom. The molecule has 34 heavy (non-hydrogen) atoms. The average molecular weight is 468 g/mol. The lowest BCUT2D eigenvalue weighted by atomic mass is 9.69. The topological polar surface area (TPSA) is 90.9 Å². The lowest BCUT2D eigenvalue weighted by Gasteiger charge is -2.38. The van der Waals surface area contributed by atoms with Crippen LogP contribution in [0.4, 0.5) is 0 Å². The largest absolute Gasteiger partial charge is 0.494 e. The third kappa shape index (κ3) is 4.48. The fraction of sp³-hybridized carbons (Fsp3) is 0.519. The van der Waals surface area contributed by atoms with Gasteiger partial charge in [-0.1, -0.05) is 19.1 Å². The number of carbonyl (C=O) groups excluding carboxylic acids is 3. The SMILES string of the molecule is CCOc1cccc([C@@H]2C(C(=O)OC3CCCC3)=C(C)NC3=C2C(=O)[C@H](C(=O)OC)[C@H](C)C3)c1. The summed E-state index contributed by atoms with van der Waals surface area (Å²) in [7, 11) is 1.29. The zero-order chi connectivity index (χ0) is 24.4. The van der Waals surface area contributed by atoms with Gasteiger partial charge in [-0.25, -0.2) is 4.79 Å². The smallest absolute Gasteiger partial charge is 0.337 e. The Kier molecular flexibility index (Phi) is 7.10. The van der Waals surface area contributed by atoms with Crippen molar-refractivity contribution in [3.63, 3.8) is 0 Å². The highest BCUT2D eigenvalue weighted by molar-refractivity contribution is 6.12. The Morgan fingerprint density at radius 1 is 1.18 bits per heavy atom. The molecule has 7 heteroatoms. The van der Waals surface area contributed by atoms with Crippen LogP contribution in [0.15, 0.2) is 46.8 Å². The molecule has 0 amide bonds. The molecule has 0 bridgehead atoms. The van der Waals surface area contributed by atoms with Gasteiger partial charge >= 0.3 is 11.9 Å². The maximum absolute atomic E-state index is 13.8. The van der Waals surface area contributed by atoms with E-state index >= 15 is 0 Å². The standard InChI is InChI=1S/C27H33NO6/c1-5-33-19-12-8-9-17(14-19)23-22(27(31)34-18-10-6-7-11-18)16(3)28-20-13-15(2)21(26(30)32-4)25(29)24(20)23/h8-9,12,14-15,18,21,23,28H,5-7,10-11,13H2,1-4H3/t15-,21-,23-/m1/s1. The molecule has 3 aliphatic rings. The highest BCUT2D eigenvalue weighted by atomic mass is 16.5. The lowest BCUT2D eigenvalue weighted by Crippen LogP contribution is -2.43. The number of esters is 2. The van der Waals surface area contributed by atoms with Gasteiger partial charge in [-0.3, -0.25) is 9.59 Å². The van der Waals surface area contributed by atoms with Crippen LogP contribution in [0.1, 0.15) is 64.4 Å². The molecule has 0 unspecified atom stereocenters. The molecule has 1 saturated carbocycles. The molecule has 2 aliphatic carbocycles. The third-order valence-corrected chi connectivity index (χ3v) is 7.04. The van der Waals surface area contributed by atoms with Crippen molar-refractivity contribution in [3.05, 3.63) is 52.4 Å².